The van der Waals surface area contributed by atoms with E-state index in [9.17, 15) is 24.6 Å². The Morgan fingerprint density at radius 3 is 2.54 bits per heavy atom. The Kier molecular flexibility index (Phi) is 8.69. The summed E-state index contributed by atoms with van der Waals surface area (Å²) in [5.74, 6) is -3.84. The third-order valence-corrected chi connectivity index (χ3v) is 9.42. The molecule has 48 heavy (non-hydrogen) atoms. The normalized spacial score (nSPS) is 19.3. The zero-order chi connectivity index (χ0) is 34.3. The molecule has 0 fully saturated rings. The summed E-state index contributed by atoms with van der Waals surface area (Å²) in [6, 6.07) is 13.5. The molecule has 0 radical (unpaired) electrons. The van der Waals surface area contributed by atoms with Gasteiger partial charge in [-0.05, 0) is 29.8 Å². The number of aliphatic hydroxyl groups excluding tert-OH is 1. The average molecular weight is 676 g/mol. The molecule has 1 amide bonds. The number of phenols is 1. The Bertz CT molecular complexity index is 1990. The van der Waals surface area contributed by atoms with Gasteiger partial charge in [0.15, 0.2) is 28.8 Å². The molecule has 1 aliphatic carbocycles. The number of methoxy groups -OCH3 is 3. The highest BCUT2D eigenvalue weighted by Gasteiger charge is 2.61. The van der Waals surface area contributed by atoms with Crippen LogP contribution in [0.2, 0.25) is 5.02 Å². The van der Waals surface area contributed by atoms with Crippen molar-refractivity contribution in [3.05, 3.63) is 82.3 Å². The van der Waals surface area contributed by atoms with E-state index >= 15 is 0 Å². The number of nitrogens with zero attached hydrogens (tertiary/aromatic N) is 2. The van der Waals surface area contributed by atoms with Gasteiger partial charge in [0.1, 0.15) is 22.1 Å². The van der Waals surface area contributed by atoms with Crippen LogP contribution in [0.25, 0.3) is 11.0 Å². The van der Waals surface area contributed by atoms with Crippen LogP contribution in [0.15, 0.2) is 66.2 Å². The molecule has 250 valence electrons. The van der Waals surface area contributed by atoms with E-state index in [4.69, 9.17) is 30.5 Å². The van der Waals surface area contributed by atoms with Gasteiger partial charge in [-0.3, -0.25) is 14.4 Å². The highest BCUT2D eigenvalue weighted by atomic mass is 35.5. The quantitative estimate of drug-likeness (QED) is 0.205. The van der Waals surface area contributed by atoms with Crippen molar-refractivity contribution >= 4 is 40.1 Å². The summed E-state index contributed by atoms with van der Waals surface area (Å²) in [4.78, 5) is 46.1. The minimum absolute atomic E-state index is 0.00171. The first-order valence-electron chi connectivity index (χ1n) is 15.2. The van der Waals surface area contributed by atoms with Crippen molar-refractivity contribution in [3.8, 4) is 28.7 Å². The molecule has 3 atom stereocenters. The van der Waals surface area contributed by atoms with Crippen LogP contribution in [-0.2, 0) is 16.1 Å². The first kappa shape index (κ1) is 32.7. The molecule has 13 heteroatoms. The van der Waals surface area contributed by atoms with Gasteiger partial charge < -0.3 is 39.0 Å². The summed E-state index contributed by atoms with van der Waals surface area (Å²) >= 11 is 6.59. The Labute approximate surface area is 280 Å². The predicted octanol–water partition coefficient (Wildman–Crippen LogP) is 5.15. The lowest BCUT2D eigenvalue weighted by Gasteiger charge is -2.38. The molecule has 1 aliphatic heterocycles. The number of halogens is 1. The number of rotatable bonds is 10. The summed E-state index contributed by atoms with van der Waals surface area (Å²) in [6.07, 6.45) is 1.23. The Morgan fingerprint density at radius 1 is 1.08 bits per heavy atom. The van der Waals surface area contributed by atoms with Gasteiger partial charge in [0.05, 0.1) is 38.7 Å². The summed E-state index contributed by atoms with van der Waals surface area (Å²) < 4.78 is 24.3. The minimum Gasteiger partial charge on any atom is -0.507 e. The number of fused-ring (bicyclic) bond motifs is 2. The number of hydrogen-bond acceptors (Lipinski definition) is 10. The number of aromatic nitrogens is 2. The first-order valence-corrected chi connectivity index (χ1v) is 15.6. The number of para-hydroxylation sites is 2. The van der Waals surface area contributed by atoms with Gasteiger partial charge in [-0.25, -0.2) is 4.98 Å². The van der Waals surface area contributed by atoms with E-state index in [-0.39, 0.29) is 64.3 Å². The number of phenolic OH excluding ortho intramolecular Hbond substituents is 1. The van der Waals surface area contributed by atoms with Crippen molar-refractivity contribution < 1.29 is 43.5 Å². The second-order valence-electron chi connectivity index (χ2n) is 11.7. The molecule has 0 saturated heterocycles. The number of carbonyl (C=O) groups excluding carboxylic acids is 3. The van der Waals surface area contributed by atoms with E-state index in [0.717, 1.165) is 11.0 Å². The Morgan fingerprint density at radius 2 is 1.81 bits per heavy atom. The standard InChI is InChI=1S/C35H34ClN3O9/c1-18-13-24(41)29(33(43)35(18)34(44)30-26(46-3)16-27(47-4)31(36)32(30)48-35)20(19-9-10-23(40)25(14-19)45-2)15-28(42)37-11-12-39-17-38-21-7-5-6-8-22(21)39/h5-10,14,16-18,20,40,43H,11-13,15H2,1-4H3,(H,37,42)/t18-,20?,35+/m1/s1. The smallest absolute Gasteiger partial charge is 0.231 e. The van der Waals surface area contributed by atoms with Crippen molar-refractivity contribution in [2.75, 3.05) is 27.9 Å². The van der Waals surface area contributed by atoms with Crippen LogP contribution in [0.3, 0.4) is 0 Å². The fourth-order valence-electron chi connectivity index (χ4n) is 6.60. The van der Waals surface area contributed by atoms with Gasteiger partial charge >= 0.3 is 0 Å². The largest absolute Gasteiger partial charge is 0.507 e. The molecule has 12 nitrogen and oxygen atoms in total. The van der Waals surface area contributed by atoms with E-state index in [2.05, 4.69) is 10.3 Å². The van der Waals surface area contributed by atoms with E-state index < -0.39 is 40.7 Å². The fourth-order valence-corrected chi connectivity index (χ4v) is 6.86. The number of benzene rings is 3. The summed E-state index contributed by atoms with van der Waals surface area (Å²) in [7, 11) is 4.14. The van der Waals surface area contributed by atoms with Crippen LogP contribution >= 0.6 is 11.6 Å². The number of Topliss-reactive ketones (excluding diaryl/α,β-unsaturated/α-hetero) is 2. The number of nitrogens with one attached hydrogen (secondary N) is 1. The van der Waals surface area contributed by atoms with Crippen molar-refractivity contribution in [2.24, 2.45) is 5.92 Å². The number of allylic oxidation sites excluding steroid dienone is 1. The summed E-state index contributed by atoms with van der Waals surface area (Å²) in [5.41, 5.74) is -0.0647. The molecule has 6 rings (SSSR count). The van der Waals surface area contributed by atoms with Gasteiger partial charge in [0.25, 0.3) is 0 Å². The van der Waals surface area contributed by atoms with Crippen molar-refractivity contribution in [2.45, 2.75) is 37.8 Å². The molecule has 1 aromatic heterocycles. The molecule has 2 heterocycles. The molecule has 3 aromatic carbocycles. The van der Waals surface area contributed by atoms with Crippen LogP contribution in [0.5, 0.6) is 28.7 Å². The van der Waals surface area contributed by atoms with E-state index in [1.807, 2.05) is 28.8 Å². The molecule has 0 bridgehead atoms. The highest BCUT2D eigenvalue weighted by Crippen LogP contribution is 2.56. The predicted molar refractivity (Wildman–Crippen MR) is 175 cm³/mol. The molecule has 0 saturated carbocycles. The van der Waals surface area contributed by atoms with Crippen molar-refractivity contribution in [1.29, 1.82) is 0 Å². The molecule has 3 N–H and O–H groups in total. The monoisotopic (exact) mass is 675 g/mol. The molecule has 1 spiro atoms. The van der Waals surface area contributed by atoms with Crippen LogP contribution in [0.4, 0.5) is 0 Å². The van der Waals surface area contributed by atoms with E-state index in [0.29, 0.717) is 12.1 Å². The molecular weight excluding hydrogens is 642 g/mol. The number of imidazole rings is 1. The fraction of sp³-hybridized carbons (Fsp3) is 0.314. The number of aliphatic hydroxyl groups is 1. The Balaban J connectivity index is 1.39. The third kappa shape index (κ3) is 5.26. The van der Waals surface area contributed by atoms with Gasteiger partial charge in [-0.15, -0.1) is 0 Å². The maximum absolute atomic E-state index is 14.3. The number of hydrogen-bond donors (Lipinski definition) is 3. The first-order chi connectivity index (χ1) is 23.0. The van der Waals surface area contributed by atoms with Gasteiger partial charge in [-0.2, -0.15) is 0 Å². The lowest BCUT2D eigenvalue weighted by atomic mass is 9.69. The topological polar surface area (TPSA) is 158 Å². The maximum atomic E-state index is 14.3. The summed E-state index contributed by atoms with van der Waals surface area (Å²) in [5, 5.41) is 25.3. The number of ether oxygens (including phenoxy) is 4. The van der Waals surface area contributed by atoms with Crippen LogP contribution < -0.4 is 24.3 Å². The number of aromatic hydroxyl groups is 1. The average Bonchev–Trinajstić information content (AvgIpc) is 3.63. The SMILES string of the molecule is COc1cc(C(CC(=O)NCCn2cnc3ccccc32)C2=C(O)[C@@]3(Oc4c(Cl)c(OC)cc(OC)c4C3=O)[C@H](C)CC2=O)ccc1O. The van der Waals surface area contributed by atoms with E-state index in [1.54, 1.807) is 13.3 Å². The number of amides is 1. The van der Waals surface area contributed by atoms with Gasteiger partial charge in [0.2, 0.25) is 17.3 Å². The zero-order valence-electron chi connectivity index (χ0n) is 26.7. The van der Waals surface area contributed by atoms with Gasteiger partial charge in [0, 0.05) is 49.4 Å². The van der Waals surface area contributed by atoms with Crippen LogP contribution in [0.1, 0.15) is 41.6 Å². The van der Waals surface area contributed by atoms with Crippen molar-refractivity contribution in [1.82, 2.24) is 14.9 Å². The van der Waals surface area contributed by atoms with Crippen LogP contribution in [-0.4, -0.2) is 70.7 Å². The second kappa shape index (κ2) is 12.8. The zero-order valence-corrected chi connectivity index (χ0v) is 27.5. The number of ketones is 2. The molecular formula is C35H34ClN3O9. The highest BCUT2D eigenvalue weighted by molar-refractivity contribution is 6.35. The Hall–Kier alpha value is -5.23. The lowest BCUT2D eigenvalue weighted by molar-refractivity contribution is -0.121. The molecule has 4 aromatic rings. The molecule has 1 unspecified atom stereocenters. The molecule has 2 aliphatic rings. The summed E-state index contributed by atoms with van der Waals surface area (Å²) in [6.45, 7) is 2.31. The maximum Gasteiger partial charge on any atom is 0.231 e. The van der Waals surface area contributed by atoms with E-state index in [1.165, 1.54) is 45.6 Å². The van der Waals surface area contributed by atoms with Crippen LogP contribution in [0, 0.1) is 5.92 Å². The number of carbonyl (C=O) groups is 3. The van der Waals surface area contributed by atoms with Gasteiger partial charge in [-0.1, -0.05) is 36.7 Å². The van der Waals surface area contributed by atoms with Crippen molar-refractivity contribution in [3.63, 3.8) is 0 Å². The lowest BCUT2D eigenvalue weighted by Crippen LogP contribution is -2.53. The second-order valence-corrected chi connectivity index (χ2v) is 12.1. The minimum atomic E-state index is -2.03. The third-order valence-electron chi connectivity index (χ3n) is 9.06.